The zero-order valence-electron chi connectivity index (χ0n) is 10.1. The number of nitrogens with one attached hydrogen (secondary N) is 1. The van der Waals surface area contributed by atoms with E-state index < -0.39 is 10.1 Å². The summed E-state index contributed by atoms with van der Waals surface area (Å²) in [5.74, 6) is -0.537. The average molecular weight is 268 g/mol. The molecule has 0 radical (unpaired) electrons. The topological polar surface area (TPSA) is 113 Å². The molecule has 0 bridgehead atoms. The standard InChI is InChI=1S/C9H18N2O4S.H2O/c1-4-9(12)10-5-6-11(2,3)7-8-16(13,14)15;/h4H,1,5-8H2,2-3H3,(H-,10,12,13,14,15);1H2. The number of carbonyl (C=O) groups excluding carboxylic acids is 1. The van der Waals surface area contributed by atoms with Gasteiger partial charge in [-0.2, -0.15) is 8.42 Å². The molecule has 3 N–H and O–H groups in total. The van der Waals surface area contributed by atoms with E-state index in [-0.39, 0.29) is 17.1 Å². The molecule has 0 saturated heterocycles. The molecule has 1 amide bonds. The van der Waals surface area contributed by atoms with Crippen LogP contribution < -0.4 is 5.32 Å². The highest BCUT2D eigenvalue weighted by molar-refractivity contribution is 7.85. The molecule has 0 saturated carbocycles. The van der Waals surface area contributed by atoms with Crippen LogP contribution in [0.2, 0.25) is 0 Å². The molecule has 0 heterocycles. The molecule has 0 aromatic carbocycles. The molecule has 102 valence electrons. The summed E-state index contributed by atoms with van der Waals surface area (Å²) in [6.45, 7) is 4.62. The molecule has 7 nitrogen and oxygen atoms in total. The summed E-state index contributed by atoms with van der Waals surface area (Å²) in [7, 11) is -0.273. The third-order valence-corrected chi connectivity index (χ3v) is 2.85. The van der Waals surface area contributed by atoms with Crippen LogP contribution >= 0.6 is 0 Å². The summed E-state index contributed by atoms with van der Waals surface area (Å²) < 4.78 is 30.1. The van der Waals surface area contributed by atoms with E-state index in [9.17, 15) is 13.2 Å². The predicted molar refractivity (Wildman–Crippen MR) is 63.4 cm³/mol. The van der Waals surface area contributed by atoms with Crippen molar-refractivity contribution in [3.63, 3.8) is 0 Å². The minimum Gasteiger partial charge on any atom is -0.870 e. The highest BCUT2D eigenvalue weighted by Crippen LogP contribution is 1.97. The largest absolute Gasteiger partial charge is 0.870 e. The fraction of sp³-hybridized carbons (Fsp3) is 0.667. The molecule has 0 aliphatic rings. The van der Waals surface area contributed by atoms with Gasteiger partial charge in [-0.05, 0) is 6.08 Å². The van der Waals surface area contributed by atoms with Crippen molar-refractivity contribution in [1.29, 1.82) is 0 Å². The fourth-order valence-electron chi connectivity index (χ4n) is 1.03. The van der Waals surface area contributed by atoms with E-state index in [1.807, 2.05) is 14.1 Å². The fourth-order valence-corrected chi connectivity index (χ4v) is 1.75. The van der Waals surface area contributed by atoms with Gasteiger partial charge in [0.2, 0.25) is 5.91 Å². The SMILES string of the molecule is C=CC(=O)NCC[N+](C)(C)CCS(=O)(=O)O.[OH-]. The first-order valence-corrected chi connectivity index (χ1v) is 6.45. The lowest BCUT2D eigenvalue weighted by molar-refractivity contribution is -0.886. The molecular formula is C9H20N2O5S. The summed E-state index contributed by atoms with van der Waals surface area (Å²) in [6, 6.07) is 0. The lowest BCUT2D eigenvalue weighted by Crippen LogP contribution is -2.47. The first-order valence-electron chi connectivity index (χ1n) is 4.84. The van der Waals surface area contributed by atoms with Gasteiger partial charge in [0.1, 0.15) is 5.75 Å². The van der Waals surface area contributed by atoms with Crippen LogP contribution in [-0.4, -0.2) is 68.3 Å². The number of hydrogen-bond donors (Lipinski definition) is 2. The molecule has 0 rings (SSSR count). The first-order chi connectivity index (χ1) is 7.16. The summed E-state index contributed by atoms with van der Waals surface area (Å²) in [4.78, 5) is 10.8. The predicted octanol–water partition coefficient (Wildman–Crippen LogP) is -0.924. The van der Waals surface area contributed by atoms with Gasteiger partial charge in [-0.25, -0.2) is 0 Å². The Morgan fingerprint density at radius 3 is 2.35 bits per heavy atom. The van der Waals surface area contributed by atoms with Crippen molar-refractivity contribution in [3.8, 4) is 0 Å². The molecule has 0 aliphatic carbocycles. The van der Waals surface area contributed by atoms with Crippen molar-refractivity contribution in [2.45, 2.75) is 0 Å². The van der Waals surface area contributed by atoms with Crippen LogP contribution in [0.4, 0.5) is 0 Å². The second kappa shape index (κ2) is 7.38. The van der Waals surface area contributed by atoms with E-state index in [0.29, 0.717) is 24.1 Å². The molecule has 0 aliphatic heterocycles. The third-order valence-electron chi connectivity index (χ3n) is 2.16. The van der Waals surface area contributed by atoms with Crippen molar-refractivity contribution in [2.24, 2.45) is 0 Å². The maximum Gasteiger partial charge on any atom is 0.270 e. The zero-order valence-corrected chi connectivity index (χ0v) is 10.9. The minimum absolute atomic E-state index is 0. The number of likely N-dealkylation sites (N-methyl/N-ethyl adjacent to an activating group) is 1. The van der Waals surface area contributed by atoms with Crippen LogP contribution in [0.25, 0.3) is 0 Å². The molecule has 8 heteroatoms. The molecule has 0 spiro atoms. The Balaban J connectivity index is 0. The highest BCUT2D eigenvalue weighted by Gasteiger charge is 2.18. The second-order valence-corrected chi connectivity index (χ2v) is 5.74. The molecule has 0 atom stereocenters. The highest BCUT2D eigenvalue weighted by atomic mass is 32.2. The second-order valence-electron chi connectivity index (χ2n) is 4.16. The number of rotatable bonds is 7. The van der Waals surface area contributed by atoms with E-state index in [0.717, 1.165) is 0 Å². The van der Waals surface area contributed by atoms with E-state index in [1.54, 1.807) is 0 Å². The van der Waals surface area contributed by atoms with Crippen molar-refractivity contribution >= 4 is 16.0 Å². The Morgan fingerprint density at radius 1 is 1.41 bits per heavy atom. The van der Waals surface area contributed by atoms with E-state index in [4.69, 9.17) is 4.55 Å². The monoisotopic (exact) mass is 268 g/mol. The van der Waals surface area contributed by atoms with Crippen molar-refractivity contribution in [2.75, 3.05) is 39.5 Å². The number of amides is 1. The van der Waals surface area contributed by atoms with Gasteiger partial charge in [0.05, 0.1) is 33.7 Å². The molecule has 0 unspecified atom stereocenters. The van der Waals surface area contributed by atoms with Crippen LogP contribution in [-0.2, 0) is 14.9 Å². The maximum atomic E-state index is 10.8. The van der Waals surface area contributed by atoms with Crippen LogP contribution in [0.3, 0.4) is 0 Å². The Labute approximate surface area is 102 Å². The van der Waals surface area contributed by atoms with Gasteiger partial charge in [-0.15, -0.1) is 0 Å². The van der Waals surface area contributed by atoms with Gasteiger partial charge >= 0.3 is 0 Å². The van der Waals surface area contributed by atoms with Crippen LogP contribution in [0.15, 0.2) is 12.7 Å². The Kier molecular flexibility index (Phi) is 7.99. The average Bonchev–Trinajstić information content (AvgIpc) is 2.13. The minimum atomic E-state index is -3.92. The summed E-state index contributed by atoms with van der Waals surface area (Å²) in [6.07, 6.45) is 1.18. The van der Waals surface area contributed by atoms with Gasteiger partial charge in [-0.3, -0.25) is 9.35 Å². The normalized spacial score (nSPS) is 11.5. The lowest BCUT2D eigenvalue weighted by Gasteiger charge is -2.29. The third kappa shape index (κ3) is 11.3. The smallest absolute Gasteiger partial charge is 0.270 e. The van der Waals surface area contributed by atoms with E-state index in [1.165, 1.54) is 6.08 Å². The Morgan fingerprint density at radius 2 is 1.94 bits per heavy atom. The first kappa shape index (κ1) is 18.4. The number of quaternary nitrogens is 1. The van der Waals surface area contributed by atoms with Gasteiger partial charge < -0.3 is 15.3 Å². The van der Waals surface area contributed by atoms with Crippen molar-refractivity contribution in [3.05, 3.63) is 12.7 Å². The number of carbonyl (C=O) groups is 1. The van der Waals surface area contributed by atoms with Gasteiger partial charge in [0, 0.05) is 0 Å². The Hall–Kier alpha value is -0.960. The van der Waals surface area contributed by atoms with E-state index in [2.05, 4.69) is 11.9 Å². The quantitative estimate of drug-likeness (QED) is 0.352. The van der Waals surface area contributed by atoms with Crippen LogP contribution in [0.5, 0.6) is 0 Å². The molecule has 0 fully saturated rings. The van der Waals surface area contributed by atoms with Gasteiger partial charge in [-0.1, -0.05) is 6.58 Å². The van der Waals surface area contributed by atoms with Crippen molar-refractivity contribution < 1.29 is 27.7 Å². The summed E-state index contributed by atoms with van der Waals surface area (Å²) in [5, 5.41) is 2.60. The molecule has 0 aromatic rings. The molecular weight excluding hydrogens is 248 g/mol. The van der Waals surface area contributed by atoms with Gasteiger partial charge in [0.25, 0.3) is 10.1 Å². The van der Waals surface area contributed by atoms with E-state index >= 15 is 0 Å². The van der Waals surface area contributed by atoms with Gasteiger partial charge in [0.15, 0.2) is 0 Å². The Bertz CT molecular complexity index is 350. The lowest BCUT2D eigenvalue weighted by atomic mass is 10.4. The summed E-state index contributed by atoms with van der Waals surface area (Å²) in [5.41, 5.74) is 0. The van der Waals surface area contributed by atoms with Crippen LogP contribution in [0, 0.1) is 0 Å². The maximum absolute atomic E-state index is 10.8. The van der Waals surface area contributed by atoms with Crippen molar-refractivity contribution in [1.82, 2.24) is 5.32 Å². The number of nitrogens with zero attached hydrogens (tertiary/aromatic N) is 1. The number of hydrogen-bond acceptors (Lipinski definition) is 4. The zero-order chi connectivity index (χ0) is 12.8. The van der Waals surface area contributed by atoms with Crippen LogP contribution in [0.1, 0.15) is 0 Å². The molecule has 0 aromatic heterocycles. The molecule has 17 heavy (non-hydrogen) atoms. The summed E-state index contributed by atoms with van der Waals surface area (Å²) >= 11 is 0.